The molecule has 10 heteroatoms. The molecule has 1 aliphatic rings. The summed E-state index contributed by atoms with van der Waals surface area (Å²) < 4.78 is 34.0. The highest BCUT2D eigenvalue weighted by atomic mass is 32.2. The Hall–Kier alpha value is -2.56. The average Bonchev–Trinajstić information content (AvgIpc) is 2.72. The first-order valence-corrected chi connectivity index (χ1v) is 11.6. The van der Waals surface area contributed by atoms with Gasteiger partial charge in [0.1, 0.15) is 11.9 Å². The van der Waals surface area contributed by atoms with Crippen LogP contribution < -0.4 is 10.2 Å². The van der Waals surface area contributed by atoms with Crippen LogP contribution in [0.5, 0.6) is 0 Å². The fourth-order valence-electron chi connectivity index (χ4n) is 2.96. The number of carbonyl (C=O) groups excluding carboxylic acids is 1. The third kappa shape index (κ3) is 5.97. The summed E-state index contributed by atoms with van der Waals surface area (Å²) in [6, 6.07) is 8.79. The van der Waals surface area contributed by atoms with E-state index >= 15 is 0 Å². The van der Waals surface area contributed by atoms with Crippen molar-refractivity contribution in [3.05, 3.63) is 36.0 Å². The first-order valence-electron chi connectivity index (χ1n) is 9.57. The van der Waals surface area contributed by atoms with E-state index in [1.807, 2.05) is 0 Å². The van der Waals surface area contributed by atoms with Gasteiger partial charge in [0, 0.05) is 43.8 Å². The van der Waals surface area contributed by atoms with Crippen LogP contribution in [-0.2, 0) is 29.9 Å². The number of nitrogens with one attached hydrogen (secondary N) is 1. The number of nitrogens with zero attached hydrogens (tertiary/aromatic N) is 3. The van der Waals surface area contributed by atoms with Crippen molar-refractivity contribution in [1.82, 2.24) is 9.97 Å². The molecule has 1 aromatic heterocycles. The smallest absolute Gasteiger partial charge is 0.253 e. The highest BCUT2D eigenvalue weighted by molar-refractivity contribution is 7.89. The fraction of sp³-hybridized carbons (Fsp3) is 0.450. The Labute approximate surface area is 176 Å². The van der Waals surface area contributed by atoms with Crippen molar-refractivity contribution in [2.24, 2.45) is 0 Å². The predicted octanol–water partition coefficient (Wildman–Crippen LogP) is 1.50. The molecule has 9 nitrogen and oxygen atoms in total. The molecule has 1 saturated heterocycles. The molecule has 0 saturated carbocycles. The minimum Gasteiger partial charge on any atom is -0.378 e. The number of sulfone groups is 1. The minimum absolute atomic E-state index is 0.164. The molecule has 1 N–H and O–H groups in total. The molecule has 2 heterocycles. The van der Waals surface area contributed by atoms with Crippen LogP contribution in [0.15, 0.2) is 30.3 Å². The van der Waals surface area contributed by atoms with Crippen LogP contribution in [-0.4, -0.2) is 70.1 Å². The predicted molar refractivity (Wildman–Crippen MR) is 114 cm³/mol. The van der Waals surface area contributed by atoms with Crippen molar-refractivity contribution in [1.29, 1.82) is 0 Å². The molecule has 0 bridgehead atoms. The number of anilines is 2. The standard InChI is InChI=1S/C20H26N4O5S/c1-14(28-2)20(25)22-16-6-4-15(5-7-16)19-21-17(13-30(3,26)27)12-18(23-19)24-8-10-29-11-9-24/h4-7,12,14H,8-11,13H2,1-3H3,(H,22,25)/t14-/m1/s1. The van der Waals surface area contributed by atoms with E-state index in [1.165, 1.54) is 13.4 Å². The number of amides is 1. The molecule has 162 valence electrons. The van der Waals surface area contributed by atoms with Crippen molar-refractivity contribution in [3.63, 3.8) is 0 Å². The number of carbonyl (C=O) groups is 1. The molecule has 0 spiro atoms. The second-order valence-electron chi connectivity index (χ2n) is 7.16. The molecule has 1 atom stereocenters. The van der Waals surface area contributed by atoms with Gasteiger partial charge in [-0.2, -0.15) is 0 Å². The average molecular weight is 435 g/mol. The van der Waals surface area contributed by atoms with Gasteiger partial charge in [0.2, 0.25) is 0 Å². The number of hydrogen-bond donors (Lipinski definition) is 1. The summed E-state index contributed by atoms with van der Waals surface area (Å²) in [6.45, 7) is 4.21. The third-order valence-corrected chi connectivity index (χ3v) is 5.46. The summed E-state index contributed by atoms with van der Waals surface area (Å²) in [7, 11) is -1.77. The summed E-state index contributed by atoms with van der Waals surface area (Å²) in [4.78, 5) is 23.1. The topological polar surface area (TPSA) is 111 Å². The van der Waals surface area contributed by atoms with Gasteiger partial charge in [-0.1, -0.05) is 0 Å². The Morgan fingerprint density at radius 2 is 1.90 bits per heavy atom. The maximum Gasteiger partial charge on any atom is 0.253 e. The van der Waals surface area contributed by atoms with Gasteiger partial charge in [-0.3, -0.25) is 4.79 Å². The zero-order valence-corrected chi connectivity index (χ0v) is 18.1. The third-order valence-electron chi connectivity index (χ3n) is 4.64. The number of hydrogen-bond acceptors (Lipinski definition) is 8. The highest BCUT2D eigenvalue weighted by Gasteiger charge is 2.18. The zero-order valence-electron chi connectivity index (χ0n) is 17.3. The normalized spacial score (nSPS) is 15.6. The van der Waals surface area contributed by atoms with E-state index in [1.54, 1.807) is 37.3 Å². The molecule has 1 amide bonds. The van der Waals surface area contributed by atoms with Crippen LogP contribution >= 0.6 is 0 Å². The number of aromatic nitrogens is 2. The Balaban J connectivity index is 1.89. The van der Waals surface area contributed by atoms with Crippen molar-refractivity contribution in [2.45, 2.75) is 18.8 Å². The molecule has 1 fully saturated rings. The monoisotopic (exact) mass is 434 g/mol. The molecule has 1 aromatic carbocycles. The number of benzene rings is 1. The Morgan fingerprint density at radius 3 is 2.50 bits per heavy atom. The molecule has 0 unspecified atom stereocenters. The lowest BCUT2D eigenvalue weighted by molar-refractivity contribution is -0.124. The van der Waals surface area contributed by atoms with Gasteiger partial charge in [0.25, 0.3) is 5.91 Å². The molecule has 30 heavy (non-hydrogen) atoms. The van der Waals surface area contributed by atoms with Crippen LogP contribution in [0.3, 0.4) is 0 Å². The highest BCUT2D eigenvalue weighted by Crippen LogP contribution is 2.23. The van der Waals surface area contributed by atoms with E-state index < -0.39 is 15.9 Å². The molecular weight excluding hydrogens is 408 g/mol. The van der Waals surface area contributed by atoms with E-state index in [0.717, 1.165) is 5.56 Å². The van der Waals surface area contributed by atoms with E-state index in [9.17, 15) is 13.2 Å². The van der Waals surface area contributed by atoms with Gasteiger partial charge >= 0.3 is 0 Å². The van der Waals surface area contributed by atoms with E-state index in [0.29, 0.717) is 49.3 Å². The first-order chi connectivity index (χ1) is 14.2. The van der Waals surface area contributed by atoms with Crippen LogP contribution in [0.4, 0.5) is 11.5 Å². The second kappa shape index (κ2) is 9.50. The zero-order chi connectivity index (χ0) is 21.7. The Kier molecular flexibility index (Phi) is 7.01. The summed E-state index contributed by atoms with van der Waals surface area (Å²) >= 11 is 0. The maximum absolute atomic E-state index is 12.0. The van der Waals surface area contributed by atoms with Gasteiger partial charge < -0.3 is 19.7 Å². The van der Waals surface area contributed by atoms with Gasteiger partial charge in [-0.05, 0) is 31.2 Å². The number of morpholine rings is 1. The van der Waals surface area contributed by atoms with E-state index in [-0.39, 0.29) is 11.7 Å². The largest absolute Gasteiger partial charge is 0.378 e. The maximum atomic E-state index is 12.0. The van der Waals surface area contributed by atoms with Crippen LogP contribution in [0, 0.1) is 0 Å². The first kappa shape index (κ1) is 22.1. The van der Waals surface area contributed by atoms with Gasteiger partial charge in [-0.25, -0.2) is 18.4 Å². The van der Waals surface area contributed by atoms with Gasteiger partial charge in [0.05, 0.1) is 24.7 Å². The second-order valence-corrected chi connectivity index (χ2v) is 9.30. The van der Waals surface area contributed by atoms with Crippen LogP contribution in [0.1, 0.15) is 12.6 Å². The van der Waals surface area contributed by atoms with Crippen molar-refractivity contribution < 1.29 is 22.7 Å². The molecule has 0 aliphatic carbocycles. The summed E-state index contributed by atoms with van der Waals surface area (Å²) in [5.74, 6) is 0.698. The molecule has 0 radical (unpaired) electrons. The molecular formula is C20H26N4O5S. The van der Waals surface area contributed by atoms with E-state index in [2.05, 4.69) is 20.2 Å². The lowest BCUT2D eigenvalue weighted by Gasteiger charge is -2.28. The van der Waals surface area contributed by atoms with Crippen molar-refractivity contribution in [3.8, 4) is 11.4 Å². The SMILES string of the molecule is CO[C@H](C)C(=O)Nc1ccc(-c2nc(CS(C)(=O)=O)cc(N3CCOCC3)n2)cc1. The number of methoxy groups -OCH3 is 1. The van der Waals surface area contributed by atoms with Gasteiger partial charge in [0.15, 0.2) is 15.7 Å². The quantitative estimate of drug-likeness (QED) is 0.698. The minimum atomic E-state index is -3.25. The number of ether oxygens (including phenoxy) is 2. The van der Waals surface area contributed by atoms with Crippen LogP contribution in [0.25, 0.3) is 11.4 Å². The molecule has 2 aromatic rings. The Bertz CT molecular complexity index is 989. The van der Waals surface area contributed by atoms with Crippen molar-refractivity contribution in [2.75, 3.05) is 49.9 Å². The van der Waals surface area contributed by atoms with Crippen molar-refractivity contribution >= 4 is 27.2 Å². The fourth-order valence-corrected chi connectivity index (χ4v) is 3.65. The molecule has 1 aliphatic heterocycles. The number of rotatable bonds is 7. The van der Waals surface area contributed by atoms with Gasteiger partial charge in [-0.15, -0.1) is 0 Å². The lowest BCUT2D eigenvalue weighted by Crippen LogP contribution is -2.37. The summed E-state index contributed by atoms with van der Waals surface area (Å²) in [5.41, 5.74) is 1.78. The summed E-state index contributed by atoms with van der Waals surface area (Å²) in [5, 5.41) is 2.77. The lowest BCUT2D eigenvalue weighted by atomic mass is 10.2. The van der Waals surface area contributed by atoms with E-state index in [4.69, 9.17) is 9.47 Å². The molecule has 3 rings (SSSR count). The Morgan fingerprint density at radius 1 is 1.23 bits per heavy atom. The van der Waals surface area contributed by atoms with Crippen LogP contribution in [0.2, 0.25) is 0 Å². The summed E-state index contributed by atoms with van der Waals surface area (Å²) in [6.07, 6.45) is 0.624.